The number of halogens is 1. The van der Waals surface area contributed by atoms with Gasteiger partial charge in [-0.3, -0.25) is 9.88 Å². The summed E-state index contributed by atoms with van der Waals surface area (Å²) >= 11 is 7.87. The van der Waals surface area contributed by atoms with Crippen molar-refractivity contribution in [3.63, 3.8) is 0 Å². The number of nitriles is 1. The molecule has 3 aromatic carbocycles. The molecule has 1 saturated heterocycles. The summed E-state index contributed by atoms with van der Waals surface area (Å²) < 4.78 is 11.4. The van der Waals surface area contributed by atoms with E-state index in [1.165, 1.54) is 9.75 Å². The van der Waals surface area contributed by atoms with Crippen molar-refractivity contribution in [1.29, 1.82) is 5.26 Å². The Bertz CT molecular complexity index is 1660. The molecule has 1 fully saturated rings. The molecule has 2 aromatic heterocycles. The second-order valence-electron chi connectivity index (χ2n) is 9.25. The summed E-state index contributed by atoms with van der Waals surface area (Å²) in [6, 6.07) is 27.8. The van der Waals surface area contributed by atoms with Crippen LogP contribution in [-0.2, 0) is 11.3 Å². The highest BCUT2D eigenvalue weighted by Crippen LogP contribution is 2.35. The van der Waals surface area contributed by atoms with E-state index in [9.17, 15) is 5.26 Å². The maximum Gasteiger partial charge on any atom is 0.128 e. The Balaban J connectivity index is 1.22. The average Bonchev–Trinajstić information content (AvgIpc) is 3.43. The first-order valence-corrected chi connectivity index (χ1v) is 13.9. The number of aromatic nitrogens is 1. The minimum Gasteiger partial charge on any atom is -0.457 e. The number of hydrogen-bond donors (Lipinski definition) is 1. The molecule has 8 heteroatoms. The van der Waals surface area contributed by atoms with Gasteiger partial charge in [-0.05, 0) is 66.2 Å². The molecule has 5 aromatic rings. The van der Waals surface area contributed by atoms with Crippen molar-refractivity contribution in [2.45, 2.75) is 6.54 Å². The maximum atomic E-state index is 9.79. The van der Waals surface area contributed by atoms with Gasteiger partial charge in [-0.15, -0.1) is 11.3 Å². The van der Waals surface area contributed by atoms with Crippen molar-refractivity contribution in [2.75, 3.05) is 31.6 Å². The molecular formula is C31H25ClN4O2S. The van der Waals surface area contributed by atoms with Crippen LogP contribution in [0.5, 0.6) is 11.5 Å². The molecule has 1 aliphatic rings. The topological polar surface area (TPSA) is 70.4 Å². The maximum absolute atomic E-state index is 9.79. The number of ether oxygens (including phenoxy) is 2. The molecule has 1 aliphatic heterocycles. The van der Waals surface area contributed by atoms with E-state index in [1.807, 2.05) is 53.8 Å². The number of nitrogens with one attached hydrogen (secondary N) is 1. The van der Waals surface area contributed by atoms with Crippen molar-refractivity contribution in [1.82, 2.24) is 9.88 Å². The third kappa shape index (κ3) is 5.90. The van der Waals surface area contributed by atoms with Gasteiger partial charge in [0, 0.05) is 51.7 Å². The lowest BCUT2D eigenvalue weighted by atomic mass is 10.1. The molecule has 0 radical (unpaired) electrons. The van der Waals surface area contributed by atoms with Gasteiger partial charge in [-0.1, -0.05) is 29.8 Å². The van der Waals surface area contributed by atoms with Crippen molar-refractivity contribution in [3.8, 4) is 28.0 Å². The molecule has 0 spiro atoms. The van der Waals surface area contributed by atoms with Crippen LogP contribution in [0.1, 0.15) is 10.4 Å². The summed E-state index contributed by atoms with van der Waals surface area (Å²) in [6.07, 6.45) is 1.63. The second-order valence-corrected chi connectivity index (χ2v) is 10.9. The van der Waals surface area contributed by atoms with Gasteiger partial charge in [-0.25, -0.2) is 0 Å². The van der Waals surface area contributed by atoms with E-state index < -0.39 is 0 Å². The van der Waals surface area contributed by atoms with Crippen LogP contribution in [0.3, 0.4) is 0 Å². The number of pyridine rings is 1. The monoisotopic (exact) mass is 552 g/mol. The summed E-state index contributed by atoms with van der Waals surface area (Å²) in [4.78, 5) is 9.57. The number of hydrogen-bond acceptors (Lipinski definition) is 7. The zero-order chi connectivity index (χ0) is 26.6. The van der Waals surface area contributed by atoms with Crippen LogP contribution in [0.25, 0.3) is 21.3 Å². The molecule has 39 heavy (non-hydrogen) atoms. The van der Waals surface area contributed by atoms with E-state index in [-0.39, 0.29) is 0 Å². The normalized spacial score (nSPS) is 13.7. The van der Waals surface area contributed by atoms with Crippen LogP contribution >= 0.6 is 22.9 Å². The number of morpholine rings is 1. The van der Waals surface area contributed by atoms with E-state index in [0.717, 1.165) is 60.7 Å². The van der Waals surface area contributed by atoms with Gasteiger partial charge >= 0.3 is 0 Å². The molecule has 0 bridgehead atoms. The van der Waals surface area contributed by atoms with Gasteiger partial charge in [0.15, 0.2) is 0 Å². The van der Waals surface area contributed by atoms with Gasteiger partial charge in [0.25, 0.3) is 0 Å². The van der Waals surface area contributed by atoms with Crippen LogP contribution in [0.4, 0.5) is 11.4 Å². The Morgan fingerprint density at radius 2 is 1.85 bits per heavy atom. The molecule has 0 atom stereocenters. The number of thiophene rings is 1. The van der Waals surface area contributed by atoms with Crippen molar-refractivity contribution >= 4 is 45.2 Å². The Labute approximate surface area is 236 Å². The third-order valence-corrected chi connectivity index (χ3v) is 7.93. The first-order chi connectivity index (χ1) is 19.1. The van der Waals surface area contributed by atoms with Crippen molar-refractivity contribution < 1.29 is 9.47 Å². The molecule has 0 amide bonds. The highest BCUT2D eigenvalue weighted by atomic mass is 35.5. The number of benzene rings is 3. The van der Waals surface area contributed by atoms with Gasteiger partial charge in [0.2, 0.25) is 0 Å². The van der Waals surface area contributed by atoms with E-state index >= 15 is 0 Å². The van der Waals surface area contributed by atoms with E-state index in [2.05, 4.69) is 45.5 Å². The highest BCUT2D eigenvalue weighted by Gasteiger charge is 2.14. The smallest absolute Gasteiger partial charge is 0.128 e. The lowest BCUT2D eigenvalue weighted by Crippen LogP contribution is -2.35. The van der Waals surface area contributed by atoms with Crippen molar-refractivity contribution in [3.05, 3.63) is 101 Å². The standard InChI is InChI=1S/C31H25ClN4O2S/c32-23-2-1-3-26(17-23)38-25-7-5-24(6-8-25)35-31-22(18-33)19-34-29-16-21(4-10-28(29)31)30-11-9-27(39-30)20-36-12-14-37-15-13-36/h1-11,16-17,19H,12-15,20H2,(H,34,35). The molecule has 194 valence electrons. The Morgan fingerprint density at radius 3 is 2.64 bits per heavy atom. The molecule has 0 aliphatic carbocycles. The quantitative estimate of drug-likeness (QED) is 0.222. The Kier molecular flexibility index (Phi) is 7.44. The largest absolute Gasteiger partial charge is 0.457 e. The predicted molar refractivity (Wildman–Crippen MR) is 157 cm³/mol. The van der Waals surface area contributed by atoms with Gasteiger partial charge < -0.3 is 14.8 Å². The molecular weight excluding hydrogens is 528 g/mol. The van der Waals surface area contributed by atoms with Gasteiger partial charge in [0.05, 0.1) is 30.0 Å². The lowest BCUT2D eigenvalue weighted by molar-refractivity contribution is 0.0346. The second kappa shape index (κ2) is 11.4. The number of anilines is 2. The van der Waals surface area contributed by atoms with Crippen LogP contribution in [0.2, 0.25) is 5.02 Å². The summed E-state index contributed by atoms with van der Waals surface area (Å²) in [5.74, 6) is 1.36. The summed E-state index contributed by atoms with van der Waals surface area (Å²) in [5.41, 5.74) is 4.01. The van der Waals surface area contributed by atoms with Crippen LogP contribution in [0.15, 0.2) is 85.1 Å². The van der Waals surface area contributed by atoms with Crippen LogP contribution < -0.4 is 10.1 Å². The minimum absolute atomic E-state index is 0.485. The fourth-order valence-electron chi connectivity index (χ4n) is 4.58. The first-order valence-electron chi connectivity index (χ1n) is 12.7. The number of rotatable bonds is 7. The summed E-state index contributed by atoms with van der Waals surface area (Å²) in [5, 5.41) is 14.7. The number of fused-ring (bicyclic) bond motifs is 1. The summed E-state index contributed by atoms with van der Waals surface area (Å²) in [6.45, 7) is 4.50. The Hall–Kier alpha value is -3.93. The van der Waals surface area contributed by atoms with Gasteiger partial charge in [-0.2, -0.15) is 5.26 Å². The molecule has 3 heterocycles. The predicted octanol–water partition coefficient (Wildman–Crippen LogP) is 7.86. The molecule has 0 unspecified atom stereocenters. The minimum atomic E-state index is 0.485. The van der Waals surface area contributed by atoms with Crippen molar-refractivity contribution in [2.24, 2.45) is 0 Å². The van der Waals surface area contributed by atoms with E-state index in [1.54, 1.807) is 18.3 Å². The zero-order valence-corrected chi connectivity index (χ0v) is 22.6. The van der Waals surface area contributed by atoms with Gasteiger partial charge in [0.1, 0.15) is 17.6 Å². The fraction of sp³-hybridized carbons (Fsp3) is 0.161. The van der Waals surface area contributed by atoms with Crippen LogP contribution in [-0.4, -0.2) is 36.2 Å². The zero-order valence-electron chi connectivity index (χ0n) is 21.1. The fourth-order valence-corrected chi connectivity index (χ4v) is 5.81. The van der Waals surface area contributed by atoms with Crippen LogP contribution in [0, 0.1) is 11.3 Å². The van der Waals surface area contributed by atoms with E-state index in [4.69, 9.17) is 21.1 Å². The summed E-state index contributed by atoms with van der Waals surface area (Å²) in [7, 11) is 0. The molecule has 6 rings (SSSR count). The highest BCUT2D eigenvalue weighted by molar-refractivity contribution is 7.15. The SMILES string of the molecule is N#Cc1cnc2cc(-c3ccc(CN4CCOCC4)s3)ccc2c1Nc1ccc(Oc2cccc(Cl)c2)cc1. The first kappa shape index (κ1) is 25.4. The lowest BCUT2D eigenvalue weighted by Gasteiger charge is -2.25. The third-order valence-electron chi connectivity index (χ3n) is 6.57. The average molecular weight is 553 g/mol. The van der Waals surface area contributed by atoms with E-state index in [0.29, 0.717) is 22.1 Å². The molecule has 0 saturated carbocycles. The molecule has 6 nitrogen and oxygen atoms in total. The Morgan fingerprint density at radius 1 is 1.00 bits per heavy atom. The molecule has 1 N–H and O–H groups in total. The number of nitrogens with zero attached hydrogens (tertiary/aromatic N) is 3.